The van der Waals surface area contributed by atoms with Gasteiger partial charge in [0.2, 0.25) is 11.8 Å². The Morgan fingerprint density at radius 1 is 1.13 bits per heavy atom. The molecule has 0 spiro atoms. The van der Waals surface area contributed by atoms with Crippen molar-refractivity contribution in [3.05, 3.63) is 81.5 Å². The van der Waals surface area contributed by atoms with Gasteiger partial charge in [-0.2, -0.15) is 0 Å². The molecule has 2 aromatic rings. The van der Waals surface area contributed by atoms with Crippen LogP contribution in [0.4, 0.5) is 0 Å². The van der Waals surface area contributed by atoms with E-state index in [4.69, 9.17) is 0 Å². The Morgan fingerprint density at radius 3 is 2.47 bits per heavy atom. The number of aliphatic carboxylic acids is 1. The Labute approximate surface area is 258 Å². The van der Waals surface area contributed by atoms with Gasteiger partial charge in [-0.25, -0.2) is 4.79 Å². The van der Waals surface area contributed by atoms with Crippen LogP contribution in [0.2, 0.25) is 0 Å². The number of carbonyl (C=O) groups is 4. The quantitative estimate of drug-likeness (QED) is 0.188. The number of β-lactam (4-membered cyclic amide) rings is 1. The second kappa shape index (κ2) is 12.4. The summed E-state index contributed by atoms with van der Waals surface area (Å²) in [6.45, 7) is 0.477. The predicted octanol–water partition coefficient (Wildman–Crippen LogP) is 2.61. The number of benzene rings is 2. The van der Waals surface area contributed by atoms with Crippen molar-refractivity contribution in [2.24, 2.45) is 0 Å². The second-order valence-electron chi connectivity index (χ2n) is 8.56. The summed E-state index contributed by atoms with van der Waals surface area (Å²) in [5.74, 6) is -1.81. The van der Waals surface area contributed by atoms with Crippen molar-refractivity contribution in [3.8, 4) is 0 Å². The summed E-state index contributed by atoms with van der Waals surface area (Å²) in [6.07, 6.45) is 0.468. The van der Waals surface area contributed by atoms with Crippen LogP contribution in [0.25, 0.3) is 5.57 Å². The van der Waals surface area contributed by atoms with E-state index in [2.05, 4.69) is 26.6 Å². The van der Waals surface area contributed by atoms with Crippen molar-refractivity contribution < 1.29 is 24.3 Å². The number of nitrogens with zero attached hydrogens (tertiary/aromatic N) is 1. The zero-order valence-corrected chi connectivity index (χ0v) is 22.6. The van der Waals surface area contributed by atoms with Gasteiger partial charge in [0.05, 0.1) is 5.75 Å². The topological polar surface area (TPSA) is 116 Å². The summed E-state index contributed by atoms with van der Waals surface area (Å²) in [4.78, 5) is 53.0. The van der Waals surface area contributed by atoms with Crippen molar-refractivity contribution >= 4 is 98.3 Å². The summed E-state index contributed by atoms with van der Waals surface area (Å²) >= 11 is 6.12. The van der Waals surface area contributed by atoms with Crippen LogP contribution in [0, 0.1) is 0 Å². The molecule has 3 aliphatic heterocycles. The van der Waals surface area contributed by atoms with Crippen LogP contribution in [0.5, 0.6) is 0 Å². The van der Waals surface area contributed by atoms with E-state index in [0.29, 0.717) is 29.7 Å². The van der Waals surface area contributed by atoms with Crippen molar-refractivity contribution in [1.82, 2.24) is 15.5 Å². The number of carboxylic acid groups (broad SMARTS) is 1. The molecule has 2 saturated heterocycles. The van der Waals surface area contributed by atoms with Crippen molar-refractivity contribution in [3.63, 3.8) is 0 Å². The first-order valence-corrected chi connectivity index (χ1v) is 14.3. The molecule has 0 bridgehead atoms. The van der Waals surface area contributed by atoms with Crippen LogP contribution < -0.4 is 10.6 Å². The molecule has 3 amide bonds. The molecule has 0 aromatic heterocycles. The summed E-state index contributed by atoms with van der Waals surface area (Å²) < 4.78 is 0.942. The third kappa shape index (κ3) is 5.78. The van der Waals surface area contributed by atoms with Gasteiger partial charge in [-0.15, -0.1) is 23.5 Å². The van der Waals surface area contributed by atoms with Crippen molar-refractivity contribution in [2.75, 3.05) is 18.1 Å². The summed E-state index contributed by atoms with van der Waals surface area (Å²) in [5.41, 5.74) is 2.11. The Kier molecular flexibility index (Phi) is 9.49. The van der Waals surface area contributed by atoms with Crippen LogP contribution in [-0.4, -0.2) is 92.7 Å². The molecule has 3 N–H and O–H groups in total. The van der Waals surface area contributed by atoms with E-state index in [-0.39, 0.29) is 58.6 Å². The van der Waals surface area contributed by atoms with Crippen LogP contribution >= 0.6 is 39.5 Å². The van der Waals surface area contributed by atoms with E-state index in [9.17, 15) is 24.3 Å². The SMILES string of the molecule is O=C(CSc1ccc(Br)cc1)N[C@@H]1C(=O)N2C(C(=O)O)=C(C(=C3CCNC3=O)c3ccccc3)CS[C@H]12.[NaH]. The fraction of sp³-hybridized carbons (Fsp3) is 0.231. The summed E-state index contributed by atoms with van der Waals surface area (Å²) in [5, 5.41) is 15.2. The number of rotatable bonds is 7. The zero-order chi connectivity index (χ0) is 26.1. The third-order valence-corrected chi connectivity index (χ3v) is 9.09. The molecule has 38 heavy (non-hydrogen) atoms. The van der Waals surface area contributed by atoms with Gasteiger partial charge in [0.1, 0.15) is 17.1 Å². The molecule has 0 radical (unpaired) electrons. The maximum absolute atomic E-state index is 13.1. The molecule has 8 nitrogen and oxygen atoms in total. The number of fused-ring (bicyclic) bond motifs is 1. The van der Waals surface area contributed by atoms with Crippen LogP contribution in [0.15, 0.2) is 80.8 Å². The van der Waals surface area contributed by atoms with Gasteiger partial charge < -0.3 is 15.7 Å². The number of halogens is 1. The average molecular weight is 625 g/mol. The van der Waals surface area contributed by atoms with E-state index in [1.54, 1.807) is 0 Å². The van der Waals surface area contributed by atoms with Gasteiger partial charge in [0.15, 0.2) is 0 Å². The Balaban J connectivity index is 0.00000336. The van der Waals surface area contributed by atoms with Crippen molar-refractivity contribution in [2.45, 2.75) is 22.7 Å². The molecule has 3 heterocycles. The first-order chi connectivity index (χ1) is 17.8. The molecule has 0 unspecified atom stereocenters. The minimum atomic E-state index is -1.24. The van der Waals surface area contributed by atoms with E-state index >= 15 is 0 Å². The Morgan fingerprint density at radius 2 is 1.84 bits per heavy atom. The van der Waals surface area contributed by atoms with Gasteiger partial charge >= 0.3 is 35.5 Å². The third-order valence-electron chi connectivity index (χ3n) is 6.27. The monoisotopic (exact) mass is 623 g/mol. The zero-order valence-electron chi connectivity index (χ0n) is 19.4. The number of hydrogen-bond acceptors (Lipinski definition) is 6. The number of amides is 3. The molecule has 2 fully saturated rings. The van der Waals surface area contributed by atoms with Crippen LogP contribution in [0.3, 0.4) is 0 Å². The van der Waals surface area contributed by atoms with Gasteiger partial charge in [-0.05, 0) is 41.8 Å². The molecule has 3 aliphatic rings. The summed E-state index contributed by atoms with van der Waals surface area (Å²) in [7, 11) is 0. The van der Waals surface area contributed by atoms with E-state index in [1.807, 2.05) is 54.6 Å². The van der Waals surface area contributed by atoms with E-state index in [0.717, 1.165) is 14.9 Å². The number of nitrogens with one attached hydrogen (secondary N) is 2. The van der Waals surface area contributed by atoms with Gasteiger partial charge in [-0.3, -0.25) is 19.3 Å². The fourth-order valence-corrected chi connectivity index (χ4v) is 6.93. The van der Waals surface area contributed by atoms with Gasteiger partial charge in [0.25, 0.3) is 5.91 Å². The standard InChI is InChI=1S/C26H22BrN3O5S2.Na.H/c27-15-6-8-16(9-7-15)36-13-19(31)29-21-24(33)30-22(26(34)35)18(12-37-25(21)30)20(14-4-2-1-3-5-14)17-10-11-28-23(17)32;;/h1-9,21,25H,10-13H2,(H,28,32)(H,29,31)(H,34,35);;/t21-,25-;;/m1../s1. The first-order valence-electron chi connectivity index (χ1n) is 11.5. The fourth-order valence-electron chi connectivity index (χ4n) is 4.60. The molecule has 2 atom stereocenters. The number of allylic oxidation sites excluding steroid dienone is 1. The molecular formula is C26H23BrN3NaO5S2. The average Bonchev–Trinajstić information content (AvgIpc) is 3.32. The van der Waals surface area contributed by atoms with Crippen LogP contribution in [-0.2, 0) is 19.2 Å². The van der Waals surface area contributed by atoms with E-state index in [1.165, 1.54) is 28.4 Å². The van der Waals surface area contributed by atoms with Gasteiger partial charge in [-0.1, -0.05) is 46.3 Å². The minimum absolute atomic E-state index is 0. The molecular weight excluding hydrogens is 601 g/mol. The molecule has 12 heteroatoms. The van der Waals surface area contributed by atoms with Crippen molar-refractivity contribution in [1.29, 1.82) is 0 Å². The number of carboxylic acids is 1. The molecule has 0 saturated carbocycles. The summed E-state index contributed by atoms with van der Waals surface area (Å²) in [6, 6.07) is 15.9. The molecule has 192 valence electrons. The number of thioether (sulfide) groups is 2. The van der Waals surface area contributed by atoms with Crippen LogP contribution in [0.1, 0.15) is 12.0 Å². The maximum atomic E-state index is 13.1. The number of hydrogen-bond donors (Lipinski definition) is 3. The predicted molar refractivity (Wildman–Crippen MR) is 153 cm³/mol. The molecule has 5 rings (SSSR count). The van der Waals surface area contributed by atoms with E-state index < -0.39 is 23.3 Å². The second-order valence-corrected chi connectivity index (χ2v) is 11.6. The first kappa shape index (κ1) is 29.0. The number of carbonyl (C=O) groups excluding carboxylic acids is 3. The Bertz CT molecular complexity index is 1350. The normalized spacial score (nSPS) is 21.7. The Hall–Kier alpha value is -2.02. The molecule has 2 aromatic carbocycles. The molecule has 0 aliphatic carbocycles. The van der Waals surface area contributed by atoms with Gasteiger partial charge in [0, 0.05) is 32.8 Å².